The number of aromatic nitrogens is 2. The van der Waals surface area contributed by atoms with Gasteiger partial charge in [-0.3, -0.25) is 9.59 Å². The van der Waals surface area contributed by atoms with Gasteiger partial charge in [0, 0.05) is 31.0 Å². The van der Waals surface area contributed by atoms with Crippen molar-refractivity contribution in [3.05, 3.63) is 42.7 Å². The molecule has 0 radical (unpaired) electrons. The van der Waals surface area contributed by atoms with E-state index in [-0.39, 0.29) is 18.3 Å². The predicted molar refractivity (Wildman–Crippen MR) is 76.0 cm³/mol. The normalized spacial score (nSPS) is 18.0. The van der Waals surface area contributed by atoms with Gasteiger partial charge in [0.25, 0.3) is 0 Å². The minimum absolute atomic E-state index is 0.0667. The van der Waals surface area contributed by atoms with Gasteiger partial charge in [0.2, 0.25) is 5.91 Å². The summed E-state index contributed by atoms with van der Waals surface area (Å²) in [5.74, 6) is -0.798. The van der Waals surface area contributed by atoms with Crippen LogP contribution in [0.5, 0.6) is 0 Å². The van der Waals surface area contributed by atoms with E-state index in [9.17, 15) is 9.59 Å². The molecule has 108 valence electrons. The molecule has 1 aliphatic heterocycles. The number of carbonyl (C=O) groups excluding carboxylic acids is 2. The molecule has 1 saturated heterocycles. The second kappa shape index (κ2) is 5.40. The number of rotatable bonds is 3. The second-order valence-corrected chi connectivity index (χ2v) is 4.90. The molecule has 0 spiro atoms. The number of anilines is 1. The van der Waals surface area contributed by atoms with Gasteiger partial charge in [-0.05, 0) is 24.3 Å². The first-order valence-electron chi connectivity index (χ1n) is 6.67. The molecule has 0 N–H and O–H groups in total. The molecule has 1 fully saturated rings. The van der Waals surface area contributed by atoms with E-state index in [1.54, 1.807) is 15.8 Å². The van der Waals surface area contributed by atoms with Crippen LogP contribution in [-0.2, 0) is 14.3 Å². The molecule has 1 amide bonds. The lowest BCUT2D eigenvalue weighted by Crippen LogP contribution is -2.26. The molecular formula is C15H15N3O3. The van der Waals surface area contributed by atoms with Crippen LogP contribution in [0.15, 0.2) is 42.7 Å². The Balaban J connectivity index is 1.86. The van der Waals surface area contributed by atoms with Gasteiger partial charge in [-0.25, -0.2) is 4.68 Å². The first-order chi connectivity index (χ1) is 10.2. The number of hydrogen-bond donors (Lipinski definition) is 0. The Morgan fingerprint density at radius 1 is 1.33 bits per heavy atom. The number of ether oxygens (including phenoxy) is 1. The standard InChI is InChI=1S/C15H15N3O3/c1-21-15(20)11-8-14(19)17(10-11)12-4-2-5-13(9-12)18-7-3-6-16-18/h2-7,9,11H,8,10H2,1H3. The zero-order chi connectivity index (χ0) is 14.8. The van der Waals surface area contributed by atoms with Crippen LogP contribution < -0.4 is 4.90 Å². The molecule has 0 saturated carbocycles. The lowest BCUT2D eigenvalue weighted by atomic mass is 10.1. The van der Waals surface area contributed by atoms with Crippen molar-refractivity contribution in [1.82, 2.24) is 9.78 Å². The molecule has 1 aliphatic rings. The number of methoxy groups -OCH3 is 1. The van der Waals surface area contributed by atoms with Crippen LogP contribution in [0.3, 0.4) is 0 Å². The van der Waals surface area contributed by atoms with Crippen LogP contribution in [0.4, 0.5) is 5.69 Å². The molecule has 6 nitrogen and oxygen atoms in total. The Bertz CT molecular complexity index is 667. The Kier molecular flexibility index (Phi) is 3.43. The summed E-state index contributed by atoms with van der Waals surface area (Å²) in [7, 11) is 1.34. The van der Waals surface area contributed by atoms with Crippen molar-refractivity contribution < 1.29 is 14.3 Å². The minimum atomic E-state index is -0.393. The number of nitrogens with zero attached hydrogens (tertiary/aromatic N) is 3. The number of esters is 1. The van der Waals surface area contributed by atoms with Crippen LogP contribution in [0.25, 0.3) is 5.69 Å². The highest BCUT2D eigenvalue weighted by atomic mass is 16.5. The third-order valence-electron chi connectivity index (χ3n) is 3.57. The fourth-order valence-corrected chi connectivity index (χ4v) is 2.51. The maximum Gasteiger partial charge on any atom is 0.311 e. The monoisotopic (exact) mass is 285 g/mol. The summed E-state index contributed by atoms with van der Waals surface area (Å²) in [6.45, 7) is 0.355. The fraction of sp³-hybridized carbons (Fsp3) is 0.267. The summed E-state index contributed by atoms with van der Waals surface area (Å²) < 4.78 is 6.44. The van der Waals surface area contributed by atoms with E-state index >= 15 is 0 Å². The fourth-order valence-electron chi connectivity index (χ4n) is 2.51. The smallest absolute Gasteiger partial charge is 0.311 e. The second-order valence-electron chi connectivity index (χ2n) is 4.90. The van der Waals surface area contributed by atoms with E-state index in [4.69, 9.17) is 4.74 Å². The van der Waals surface area contributed by atoms with Gasteiger partial charge in [0.15, 0.2) is 0 Å². The van der Waals surface area contributed by atoms with Crippen LogP contribution in [-0.4, -0.2) is 35.3 Å². The third kappa shape index (κ3) is 2.52. The molecular weight excluding hydrogens is 270 g/mol. The molecule has 2 aromatic rings. The molecule has 6 heteroatoms. The van der Waals surface area contributed by atoms with Crippen LogP contribution >= 0.6 is 0 Å². The Hall–Kier alpha value is -2.63. The van der Waals surface area contributed by atoms with E-state index in [0.717, 1.165) is 11.4 Å². The lowest BCUT2D eigenvalue weighted by molar-refractivity contribution is -0.145. The minimum Gasteiger partial charge on any atom is -0.469 e. The van der Waals surface area contributed by atoms with Gasteiger partial charge in [-0.2, -0.15) is 5.10 Å². The van der Waals surface area contributed by atoms with Gasteiger partial charge in [-0.15, -0.1) is 0 Å². The number of carbonyl (C=O) groups is 2. The van der Waals surface area contributed by atoms with E-state index in [2.05, 4.69) is 5.10 Å². The van der Waals surface area contributed by atoms with Crippen LogP contribution in [0.1, 0.15) is 6.42 Å². The summed E-state index contributed by atoms with van der Waals surface area (Å²) in [6.07, 6.45) is 3.72. The molecule has 2 heterocycles. The zero-order valence-electron chi connectivity index (χ0n) is 11.6. The van der Waals surface area contributed by atoms with Crippen molar-refractivity contribution in [3.8, 4) is 5.69 Å². The summed E-state index contributed by atoms with van der Waals surface area (Å²) in [5.41, 5.74) is 1.63. The first kappa shape index (κ1) is 13.4. The van der Waals surface area contributed by atoms with Gasteiger partial charge >= 0.3 is 5.97 Å². The largest absolute Gasteiger partial charge is 0.469 e. The lowest BCUT2D eigenvalue weighted by Gasteiger charge is -2.17. The summed E-state index contributed by atoms with van der Waals surface area (Å²) >= 11 is 0. The van der Waals surface area contributed by atoms with Crippen molar-refractivity contribution in [1.29, 1.82) is 0 Å². The predicted octanol–water partition coefficient (Wildman–Crippen LogP) is 1.40. The van der Waals surface area contributed by atoms with Crippen molar-refractivity contribution in [2.45, 2.75) is 6.42 Å². The molecule has 1 aromatic carbocycles. The summed E-state index contributed by atoms with van der Waals surface area (Å²) in [6, 6.07) is 9.34. The topological polar surface area (TPSA) is 64.4 Å². The molecule has 21 heavy (non-hydrogen) atoms. The van der Waals surface area contributed by atoms with Crippen molar-refractivity contribution in [2.75, 3.05) is 18.6 Å². The first-order valence-corrected chi connectivity index (χ1v) is 6.67. The van der Waals surface area contributed by atoms with Crippen molar-refractivity contribution in [3.63, 3.8) is 0 Å². The van der Waals surface area contributed by atoms with Crippen LogP contribution in [0.2, 0.25) is 0 Å². The van der Waals surface area contributed by atoms with Gasteiger partial charge < -0.3 is 9.64 Å². The Labute approximate surface area is 121 Å². The Morgan fingerprint density at radius 2 is 2.14 bits per heavy atom. The van der Waals surface area contributed by atoms with E-state index in [1.165, 1.54) is 7.11 Å². The van der Waals surface area contributed by atoms with Gasteiger partial charge in [0.05, 0.1) is 18.7 Å². The molecule has 1 unspecified atom stereocenters. The average Bonchev–Trinajstić information content (AvgIpc) is 3.16. The quantitative estimate of drug-likeness (QED) is 0.800. The van der Waals surface area contributed by atoms with Gasteiger partial charge in [-0.1, -0.05) is 6.07 Å². The summed E-state index contributed by atoms with van der Waals surface area (Å²) in [4.78, 5) is 25.3. The third-order valence-corrected chi connectivity index (χ3v) is 3.57. The average molecular weight is 285 g/mol. The molecule has 1 aromatic heterocycles. The van der Waals surface area contributed by atoms with E-state index in [0.29, 0.717) is 6.54 Å². The maximum absolute atomic E-state index is 12.1. The zero-order valence-corrected chi connectivity index (χ0v) is 11.6. The number of amides is 1. The van der Waals surface area contributed by atoms with E-state index in [1.807, 2.05) is 36.5 Å². The van der Waals surface area contributed by atoms with Crippen LogP contribution in [0, 0.1) is 5.92 Å². The maximum atomic E-state index is 12.1. The SMILES string of the molecule is COC(=O)C1CC(=O)N(c2cccc(-n3cccn3)c2)C1. The molecule has 0 aliphatic carbocycles. The van der Waals surface area contributed by atoms with Crippen molar-refractivity contribution in [2.24, 2.45) is 5.92 Å². The highest BCUT2D eigenvalue weighted by Crippen LogP contribution is 2.27. The van der Waals surface area contributed by atoms with E-state index < -0.39 is 5.92 Å². The number of hydrogen-bond acceptors (Lipinski definition) is 4. The Morgan fingerprint density at radius 3 is 2.86 bits per heavy atom. The highest BCUT2D eigenvalue weighted by molar-refractivity contribution is 5.99. The molecule has 0 bridgehead atoms. The summed E-state index contributed by atoms with van der Waals surface area (Å²) in [5, 5.41) is 4.17. The molecule has 3 rings (SSSR count). The van der Waals surface area contributed by atoms with Gasteiger partial charge in [0.1, 0.15) is 0 Å². The molecule has 1 atom stereocenters. The van der Waals surface area contributed by atoms with Crippen molar-refractivity contribution >= 4 is 17.6 Å². The highest BCUT2D eigenvalue weighted by Gasteiger charge is 2.35. The number of benzene rings is 1.